The minimum absolute atomic E-state index is 0.0222. The lowest BCUT2D eigenvalue weighted by Crippen LogP contribution is -2.31. The fraction of sp³-hybridized carbons (Fsp3) is 0.500. The molecule has 1 atom stereocenters. The number of ether oxygens (including phenoxy) is 2. The standard InChI is InChI=1S/C24H28N2O4S/c27-23(25-18-6-7-19-20(15-18)30-12-11-29-19)16-5-8-21-17(13-16)14-22(31-21)24(28)26-9-3-1-2-4-10-26/h6-7,14-16H,1-5,8-13H2,(H,25,27)/t16-/m1/s1. The molecule has 3 aliphatic rings. The summed E-state index contributed by atoms with van der Waals surface area (Å²) in [7, 11) is 0. The summed E-state index contributed by atoms with van der Waals surface area (Å²) < 4.78 is 11.2. The third-order valence-electron chi connectivity index (χ3n) is 6.37. The predicted octanol–water partition coefficient (Wildman–Crippen LogP) is 4.28. The number of carbonyl (C=O) groups is 2. The zero-order chi connectivity index (χ0) is 21.2. The Kier molecular flexibility index (Phi) is 5.85. The first-order valence-corrected chi connectivity index (χ1v) is 12.1. The van der Waals surface area contributed by atoms with E-state index in [1.54, 1.807) is 11.3 Å². The SMILES string of the molecule is O=C(Nc1ccc2c(c1)OCCO2)[C@@H]1CCc2sc(C(=O)N3CCCCCC3)cc2C1. The molecule has 164 valence electrons. The number of fused-ring (bicyclic) bond motifs is 2. The van der Waals surface area contributed by atoms with Gasteiger partial charge in [0.2, 0.25) is 5.91 Å². The van der Waals surface area contributed by atoms with Crippen LogP contribution in [0, 0.1) is 5.92 Å². The second-order valence-electron chi connectivity index (χ2n) is 8.55. The van der Waals surface area contributed by atoms with Crippen LogP contribution in [0.4, 0.5) is 5.69 Å². The van der Waals surface area contributed by atoms with Crippen LogP contribution in [0.3, 0.4) is 0 Å². The van der Waals surface area contributed by atoms with Gasteiger partial charge in [-0.15, -0.1) is 11.3 Å². The maximum Gasteiger partial charge on any atom is 0.263 e. The molecule has 6 nitrogen and oxygen atoms in total. The Bertz CT molecular complexity index is 978. The summed E-state index contributed by atoms with van der Waals surface area (Å²) >= 11 is 1.62. The van der Waals surface area contributed by atoms with Crippen LogP contribution in [0.2, 0.25) is 0 Å². The predicted molar refractivity (Wildman–Crippen MR) is 120 cm³/mol. The fourth-order valence-corrected chi connectivity index (χ4v) is 5.82. The Hall–Kier alpha value is -2.54. The van der Waals surface area contributed by atoms with Crippen molar-refractivity contribution in [3.8, 4) is 11.5 Å². The average molecular weight is 441 g/mol. The molecule has 1 N–H and O–H groups in total. The van der Waals surface area contributed by atoms with E-state index in [1.165, 1.54) is 17.7 Å². The molecule has 0 bridgehead atoms. The zero-order valence-corrected chi connectivity index (χ0v) is 18.5. The lowest BCUT2D eigenvalue weighted by Gasteiger charge is -2.22. The number of anilines is 1. The smallest absolute Gasteiger partial charge is 0.263 e. The lowest BCUT2D eigenvalue weighted by atomic mass is 9.87. The number of nitrogens with one attached hydrogen (secondary N) is 1. The minimum atomic E-state index is -0.0866. The third kappa shape index (κ3) is 4.42. The van der Waals surface area contributed by atoms with Gasteiger partial charge in [-0.2, -0.15) is 0 Å². The molecule has 1 saturated heterocycles. The van der Waals surface area contributed by atoms with Crippen molar-refractivity contribution in [3.63, 3.8) is 0 Å². The van der Waals surface area contributed by atoms with Crippen molar-refractivity contribution >= 4 is 28.8 Å². The van der Waals surface area contributed by atoms with E-state index >= 15 is 0 Å². The van der Waals surface area contributed by atoms with Crippen LogP contribution in [0.25, 0.3) is 0 Å². The molecule has 7 heteroatoms. The van der Waals surface area contributed by atoms with Crippen molar-refractivity contribution in [1.29, 1.82) is 0 Å². The van der Waals surface area contributed by atoms with Crippen molar-refractivity contribution in [3.05, 3.63) is 39.6 Å². The van der Waals surface area contributed by atoms with Gasteiger partial charge in [0.15, 0.2) is 11.5 Å². The second-order valence-corrected chi connectivity index (χ2v) is 9.69. The zero-order valence-electron chi connectivity index (χ0n) is 17.7. The summed E-state index contributed by atoms with van der Waals surface area (Å²) in [4.78, 5) is 30.0. The molecule has 5 rings (SSSR count). The number of rotatable bonds is 3. The number of likely N-dealkylation sites (tertiary alicyclic amines) is 1. The Morgan fingerprint density at radius 1 is 1.00 bits per heavy atom. The van der Waals surface area contributed by atoms with Gasteiger partial charge < -0.3 is 19.7 Å². The van der Waals surface area contributed by atoms with E-state index in [2.05, 4.69) is 5.32 Å². The first-order valence-electron chi connectivity index (χ1n) is 11.3. The Morgan fingerprint density at radius 3 is 2.58 bits per heavy atom. The van der Waals surface area contributed by atoms with Gasteiger partial charge in [0, 0.05) is 35.6 Å². The van der Waals surface area contributed by atoms with E-state index < -0.39 is 0 Å². The van der Waals surface area contributed by atoms with Crippen LogP contribution in [0.1, 0.15) is 52.2 Å². The Labute approximate surface area is 186 Å². The number of aryl methyl sites for hydroxylation is 1. The summed E-state index contributed by atoms with van der Waals surface area (Å²) in [5.41, 5.74) is 1.89. The summed E-state index contributed by atoms with van der Waals surface area (Å²) in [6, 6.07) is 7.55. The van der Waals surface area contributed by atoms with Crippen molar-refractivity contribution in [1.82, 2.24) is 4.90 Å². The van der Waals surface area contributed by atoms with Gasteiger partial charge >= 0.3 is 0 Å². The van der Waals surface area contributed by atoms with Crippen molar-refractivity contribution < 1.29 is 19.1 Å². The summed E-state index contributed by atoms with van der Waals surface area (Å²) in [6.07, 6.45) is 6.97. The minimum Gasteiger partial charge on any atom is -0.486 e. The number of hydrogen-bond acceptors (Lipinski definition) is 5. The molecule has 1 aromatic heterocycles. The van der Waals surface area contributed by atoms with Crippen LogP contribution < -0.4 is 14.8 Å². The van der Waals surface area contributed by atoms with Crippen LogP contribution in [0.15, 0.2) is 24.3 Å². The summed E-state index contributed by atoms with van der Waals surface area (Å²) in [6.45, 7) is 2.79. The molecule has 2 aliphatic heterocycles. The Balaban J connectivity index is 1.24. The number of thiophene rings is 1. The van der Waals surface area contributed by atoms with Crippen LogP contribution in [-0.2, 0) is 17.6 Å². The van der Waals surface area contributed by atoms with E-state index in [9.17, 15) is 9.59 Å². The summed E-state index contributed by atoms with van der Waals surface area (Å²) in [5, 5.41) is 3.03. The number of amides is 2. The monoisotopic (exact) mass is 440 g/mol. The van der Waals surface area contributed by atoms with Crippen molar-refractivity contribution in [2.75, 3.05) is 31.6 Å². The maximum atomic E-state index is 13.0. The fourth-order valence-electron chi connectivity index (χ4n) is 4.65. The van der Waals surface area contributed by atoms with Crippen molar-refractivity contribution in [2.24, 2.45) is 5.92 Å². The maximum absolute atomic E-state index is 13.0. The number of hydrogen-bond donors (Lipinski definition) is 1. The van der Waals surface area contributed by atoms with Gasteiger partial charge in [-0.05, 0) is 55.9 Å². The molecular weight excluding hydrogens is 412 g/mol. The van der Waals surface area contributed by atoms with Gasteiger partial charge in [-0.1, -0.05) is 12.8 Å². The largest absolute Gasteiger partial charge is 0.486 e. The molecule has 0 spiro atoms. The lowest BCUT2D eigenvalue weighted by molar-refractivity contribution is -0.120. The van der Waals surface area contributed by atoms with Gasteiger partial charge in [0.1, 0.15) is 13.2 Å². The third-order valence-corrected chi connectivity index (χ3v) is 7.59. The molecule has 0 unspecified atom stereocenters. The Morgan fingerprint density at radius 2 is 1.77 bits per heavy atom. The number of nitrogens with zero attached hydrogens (tertiary/aromatic N) is 1. The highest BCUT2D eigenvalue weighted by atomic mass is 32.1. The molecule has 0 radical (unpaired) electrons. The highest BCUT2D eigenvalue weighted by molar-refractivity contribution is 7.14. The quantitative estimate of drug-likeness (QED) is 0.774. The molecule has 1 fully saturated rings. The van der Waals surface area contributed by atoms with E-state index in [0.29, 0.717) is 31.1 Å². The van der Waals surface area contributed by atoms with E-state index in [4.69, 9.17) is 9.47 Å². The molecule has 0 saturated carbocycles. The average Bonchev–Trinajstić information content (AvgIpc) is 3.03. The van der Waals surface area contributed by atoms with Gasteiger partial charge in [0.25, 0.3) is 5.91 Å². The molecule has 1 aromatic carbocycles. The molecule has 2 aromatic rings. The van der Waals surface area contributed by atoms with Crippen LogP contribution >= 0.6 is 11.3 Å². The van der Waals surface area contributed by atoms with E-state index in [0.717, 1.165) is 54.9 Å². The van der Waals surface area contributed by atoms with Crippen LogP contribution in [-0.4, -0.2) is 43.0 Å². The highest BCUT2D eigenvalue weighted by Crippen LogP contribution is 2.35. The molecule has 2 amide bonds. The highest BCUT2D eigenvalue weighted by Gasteiger charge is 2.29. The van der Waals surface area contributed by atoms with E-state index in [1.807, 2.05) is 29.2 Å². The van der Waals surface area contributed by atoms with Crippen molar-refractivity contribution in [2.45, 2.75) is 44.9 Å². The molecule has 1 aliphatic carbocycles. The van der Waals surface area contributed by atoms with Gasteiger partial charge in [-0.25, -0.2) is 0 Å². The normalized spacial score (nSPS) is 20.5. The van der Waals surface area contributed by atoms with Gasteiger partial charge in [0.05, 0.1) is 4.88 Å². The second kappa shape index (κ2) is 8.91. The molecule has 31 heavy (non-hydrogen) atoms. The number of benzene rings is 1. The molecule has 3 heterocycles. The molecular formula is C24H28N2O4S. The number of carbonyl (C=O) groups excluding carboxylic acids is 2. The topological polar surface area (TPSA) is 67.9 Å². The van der Waals surface area contributed by atoms with Gasteiger partial charge in [-0.3, -0.25) is 9.59 Å². The van der Waals surface area contributed by atoms with E-state index in [-0.39, 0.29) is 17.7 Å². The first kappa shape index (κ1) is 20.4. The summed E-state index contributed by atoms with van der Waals surface area (Å²) in [5.74, 6) is 1.49. The van der Waals surface area contributed by atoms with Crippen LogP contribution in [0.5, 0.6) is 11.5 Å². The first-order chi connectivity index (χ1) is 15.2.